The zero-order chi connectivity index (χ0) is 14.5. The summed E-state index contributed by atoms with van der Waals surface area (Å²) < 4.78 is 5.20. The van der Waals surface area contributed by atoms with Crippen LogP contribution in [0.15, 0.2) is 24.3 Å². The van der Waals surface area contributed by atoms with E-state index in [2.05, 4.69) is 11.8 Å². The Labute approximate surface area is 121 Å². The summed E-state index contributed by atoms with van der Waals surface area (Å²) in [6.07, 6.45) is 1.79. The number of aliphatic hydroxyl groups is 1. The van der Waals surface area contributed by atoms with E-state index < -0.39 is 6.10 Å². The molecule has 4 nitrogen and oxygen atoms in total. The predicted molar refractivity (Wildman–Crippen MR) is 80.8 cm³/mol. The lowest BCUT2D eigenvalue weighted by Crippen LogP contribution is -2.41. The Morgan fingerprint density at radius 3 is 2.70 bits per heavy atom. The van der Waals surface area contributed by atoms with Crippen LogP contribution in [0.3, 0.4) is 0 Å². The molecule has 1 saturated heterocycles. The van der Waals surface area contributed by atoms with Crippen LogP contribution in [-0.2, 0) is 0 Å². The number of hydrogen-bond donors (Lipinski definition) is 2. The molecular formula is C16H26N2O2. The molecule has 0 aliphatic carbocycles. The average Bonchev–Trinajstić information content (AvgIpc) is 2.47. The number of likely N-dealkylation sites (tertiary alicyclic amines) is 1. The Balaban J connectivity index is 1.87. The average molecular weight is 278 g/mol. The van der Waals surface area contributed by atoms with E-state index in [0.717, 1.165) is 37.2 Å². The van der Waals surface area contributed by atoms with Crippen LogP contribution < -0.4 is 10.5 Å². The summed E-state index contributed by atoms with van der Waals surface area (Å²) in [6.45, 7) is 4.81. The molecule has 1 fully saturated rings. The topological polar surface area (TPSA) is 58.7 Å². The Kier molecular flexibility index (Phi) is 5.40. The van der Waals surface area contributed by atoms with Gasteiger partial charge in [0, 0.05) is 12.6 Å². The molecule has 2 unspecified atom stereocenters. The molecule has 1 aromatic rings. The summed E-state index contributed by atoms with van der Waals surface area (Å²) in [5, 5.41) is 10.3. The summed E-state index contributed by atoms with van der Waals surface area (Å²) in [5.41, 5.74) is 6.87. The highest BCUT2D eigenvalue weighted by Crippen LogP contribution is 2.23. The fraction of sp³-hybridized carbons (Fsp3) is 0.625. The zero-order valence-corrected chi connectivity index (χ0v) is 12.5. The third kappa shape index (κ3) is 3.95. The van der Waals surface area contributed by atoms with Crippen LogP contribution in [0.25, 0.3) is 0 Å². The van der Waals surface area contributed by atoms with E-state index in [4.69, 9.17) is 10.5 Å². The largest absolute Gasteiger partial charge is 0.497 e. The molecule has 0 spiro atoms. The SMILES string of the molecule is COc1cccc(C(O)CN2CCC(C(C)N)CC2)c1. The van der Waals surface area contributed by atoms with Crippen molar-refractivity contribution < 1.29 is 9.84 Å². The molecule has 1 aliphatic rings. The number of benzene rings is 1. The fourth-order valence-electron chi connectivity index (χ4n) is 2.86. The molecule has 112 valence electrons. The first-order chi connectivity index (χ1) is 9.60. The second-order valence-electron chi connectivity index (χ2n) is 5.79. The van der Waals surface area contributed by atoms with E-state index in [1.165, 1.54) is 0 Å². The van der Waals surface area contributed by atoms with Crippen molar-refractivity contribution in [2.75, 3.05) is 26.7 Å². The summed E-state index contributed by atoms with van der Waals surface area (Å²) in [4.78, 5) is 2.32. The van der Waals surface area contributed by atoms with Crippen molar-refractivity contribution >= 4 is 0 Å². The molecule has 0 amide bonds. The van der Waals surface area contributed by atoms with Gasteiger partial charge in [0.1, 0.15) is 5.75 Å². The molecule has 0 radical (unpaired) electrons. The van der Waals surface area contributed by atoms with E-state index in [1.807, 2.05) is 24.3 Å². The number of β-amino-alcohol motifs (C(OH)–C–C–N with tert-alkyl or cyclic N) is 1. The molecule has 20 heavy (non-hydrogen) atoms. The van der Waals surface area contributed by atoms with Gasteiger partial charge in [-0.2, -0.15) is 0 Å². The number of piperidine rings is 1. The van der Waals surface area contributed by atoms with Gasteiger partial charge in [0.25, 0.3) is 0 Å². The number of nitrogens with zero attached hydrogens (tertiary/aromatic N) is 1. The molecule has 1 aliphatic heterocycles. The highest BCUT2D eigenvalue weighted by atomic mass is 16.5. The first-order valence-corrected chi connectivity index (χ1v) is 7.40. The monoisotopic (exact) mass is 278 g/mol. The number of hydrogen-bond acceptors (Lipinski definition) is 4. The van der Waals surface area contributed by atoms with Gasteiger partial charge in [0.15, 0.2) is 0 Å². The van der Waals surface area contributed by atoms with Gasteiger partial charge >= 0.3 is 0 Å². The summed E-state index contributed by atoms with van der Waals surface area (Å²) in [7, 11) is 1.64. The highest BCUT2D eigenvalue weighted by molar-refractivity contribution is 5.29. The minimum atomic E-state index is -0.461. The van der Waals surface area contributed by atoms with Crippen molar-refractivity contribution in [2.45, 2.75) is 31.9 Å². The lowest BCUT2D eigenvalue weighted by Gasteiger charge is -2.34. The molecule has 0 aromatic heterocycles. The van der Waals surface area contributed by atoms with Crippen molar-refractivity contribution in [1.29, 1.82) is 0 Å². The van der Waals surface area contributed by atoms with Crippen LogP contribution in [0, 0.1) is 5.92 Å². The zero-order valence-electron chi connectivity index (χ0n) is 12.5. The first kappa shape index (κ1) is 15.3. The van der Waals surface area contributed by atoms with Crippen LogP contribution >= 0.6 is 0 Å². The van der Waals surface area contributed by atoms with Crippen molar-refractivity contribution in [2.24, 2.45) is 11.7 Å². The van der Waals surface area contributed by atoms with Crippen LogP contribution in [-0.4, -0.2) is 42.8 Å². The lowest BCUT2D eigenvalue weighted by atomic mass is 9.90. The number of methoxy groups -OCH3 is 1. The molecule has 3 N–H and O–H groups in total. The fourth-order valence-corrected chi connectivity index (χ4v) is 2.86. The van der Waals surface area contributed by atoms with Gasteiger partial charge < -0.3 is 20.5 Å². The Hall–Kier alpha value is -1.10. The second kappa shape index (κ2) is 7.07. The van der Waals surface area contributed by atoms with Crippen molar-refractivity contribution in [3.05, 3.63) is 29.8 Å². The molecule has 0 bridgehead atoms. The van der Waals surface area contributed by atoms with E-state index in [1.54, 1.807) is 7.11 Å². The molecule has 2 atom stereocenters. The van der Waals surface area contributed by atoms with E-state index >= 15 is 0 Å². The third-order valence-electron chi connectivity index (χ3n) is 4.29. The number of nitrogens with two attached hydrogens (primary N) is 1. The molecular weight excluding hydrogens is 252 g/mol. The van der Waals surface area contributed by atoms with Crippen molar-refractivity contribution in [3.8, 4) is 5.75 Å². The molecule has 2 rings (SSSR count). The maximum absolute atomic E-state index is 10.3. The molecule has 1 aromatic carbocycles. The van der Waals surface area contributed by atoms with E-state index in [9.17, 15) is 5.11 Å². The van der Waals surface area contributed by atoms with Crippen LogP contribution in [0.4, 0.5) is 0 Å². The maximum Gasteiger partial charge on any atom is 0.119 e. The number of rotatable bonds is 5. The highest BCUT2D eigenvalue weighted by Gasteiger charge is 2.23. The summed E-state index contributed by atoms with van der Waals surface area (Å²) in [5.74, 6) is 1.41. The minimum absolute atomic E-state index is 0.278. The Morgan fingerprint density at radius 1 is 1.40 bits per heavy atom. The number of ether oxygens (including phenoxy) is 1. The van der Waals surface area contributed by atoms with E-state index in [-0.39, 0.29) is 6.04 Å². The minimum Gasteiger partial charge on any atom is -0.497 e. The Morgan fingerprint density at radius 2 is 2.10 bits per heavy atom. The smallest absolute Gasteiger partial charge is 0.119 e. The van der Waals surface area contributed by atoms with Gasteiger partial charge in [0.05, 0.1) is 13.2 Å². The van der Waals surface area contributed by atoms with Gasteiger partial charge in [0.2, 0.25) is 0 Å². The predicted octanol–water partition coefficient (Wildman–Crippen LogP) is 1.79. The lowest BCUT2D eigenvalue weighted by molar-refractivity contribution is 0.0861. The molecule has 4 heteroatoms. The van der Waals surface area contributed by atoms with Crippen LogP contribution in [0.5, 0.6) is 5.75 Å². The summed E-state index contributed by atoms with van der Waals surface area (Å²) >= 11 is 0. The van der Waals surface area contributed by atoms with Gasteiger partial charge in [-0.3, -0.25) is 0 Å². The first-order valence-electron chi connectivity index (χ1n) is 7.40. The van der Waals surface area contributed by atoms with Gasteiger partial charge in [-0.15, -0.1) is 0 Å². The Bertz CT molecular complexity index is 415. The normalized spacial score (nSPS) is 20.6. The standard InChI is InChI=1S/C16H26N2O2/c1-12(17)13-6-8-18(9-7-13)11-16(19)14-4-3-5-15(10-14)20-2/h3-5,10,12-13,16,19H,6-9,11,17H2,1-2H3. The molecule has 1 heterocycles. The van der Waals surface area contributed by atoms with Gasteiger partial charge in [-0.1, -0.05) is 12.1 Å². The van der Waals surface area contributed by atoms with Crippen molar-refractivity contribution in [1.82, 2.24) is 4.90 Å². The molecule has 0 saturated carbocycles. The van der Waals surface area contributed by atoms with E-state index in [0.29, 0.717) is 12.5 Å². The third-order valence-corrected chi connectivity index (χ3v) is 4.29. The number of aliphatic hydroxyl groups excluding tert-OH is 1. The quantitative estimate of drug-likeness (QED) is 0.862. The van der Waals surface area contributed by atoms with Crippen molar-refractivity contribution in [3.63, 3.8) is 0 Å². The summed E-state index contributed by atoms with van der Waals surface area (Å²) in [6, 6.07) is 7.94. The van der Waals surface area contributed by atoms with Crippen LogP contribution in [0.1, 0.15) is 31.4 Å². The maximum atomic E-state index is 10.3. The second-order valence-corrected chi connectivity index (χ2v) is 5.79. The van der Waals surface area contributed by atoms with Crippen LogP contribution in [0.2, 0.25) is 0 Å². The van der Waals surface area contributed by atoms with Gasteiger partial charge in [-0.25, -0.2) is 0 Å². The van der Waals surface area contributed by atoms with Gasteiger partial charge in [-0.05, 0) is 56.5 Å².